The molecule has 0 saturated carbocycles. The van der Waals surface area contributed by atoms with E-state index in [0.29, 0.717) is 11.5 Å². The first-order valence-electron chi connectivity index (χ1n) is 5.85. The quantitative estimate of drug-likeness (QED) is 0.810. The third-order valence-corrected chi connectivity index (χ3v) is 3.01. The predicted molar refractivity (Wildman–Crippen MR) is 66.7 cm³/mol. The van der Waals surface area contributed by atoms with Gasteiger partial charge in [0, 0.05) is 6.54 Å². The van der Waals surface area contributed by atoms with Gasteiger partial charge in [-0.2, -0.15) is 0 Å². The van der Waals surface area contributed by atoms with E-state index in [9.17, 15) is 4.79 Å². The van der Waals surface area contributed by atoms with Crippen molar-refractivity contribution < 1.29 is 9.53 Å². The average molecular weight is 231 g/mol. The molecule has 1 N–H and O–H groups in total. The summed E-state index contributed by atoms with van der Waals surface area (Å²) in [6.07, 6.45) is 6.33. The van der Waals surface area contributed by atoms with E-state index in [2.05, 4.69) is 16.1 Å². The summed E-state index contributed by atoms with van der Waals surface area (Å²) in [6, 6.07) is 7.66. The molecule has 1 unspecified atom stereocenters. The Hall–Kier alpha value is -1.77. The zero-order chi connectivity index (χ0) is 12.1. The molecular formula is C14H17NO2. The predicted octanol–water partition coefficient (Wildman–Crippen LogP) is 2.14. The normalized spacial score (nSPS) is 18.5. The van der Waals surface area contributed by atoms with Crippen LogP contribution < -0.4 is 5.32 Å². The van der Waals surface area contributed by atoms with E-state index in [1.54, 1.807) is 0 Å². The van der Waals surface area contributed by atoms with Gasteiger partial charge in [-0.3, -0.25) is 0 Å². The van der Waals surface area contributed by atoms with Crippen LogP contribution in [0.4, 0.5) is 0 Å². The van der Waals surface area contributed by atoms with Gasteiger partial charge in [0.05, 0.1) is 12.7 Å². The molecule has 1 aromatic rings. The molecule has 17 heavy (non-hydrogen) atoms. The third-order valence-electron chi connectivity index (χ3n) is 3.01. The summed E-state index contributed by atoms with van der Waals surface area (Å²) >= 11 is 0. The Bertz CT molecular complexity index is 409. The van der Waals surface area contributed by atoms with Gasteiger partial charge in [0.25, 0.3) is 0 Å². The fourth-order valence-electron chi connectivity index (χ4n) is 2.05. The maximum atomic E-state index is 11.3. The van der Waals surface area contributed by atoms with Crippen LogP contribution in [0.2, 0.25) is 0 Å². The molecule has 3 nitrogen and oxygen atoms in total. The van der Waals surface area contributed by atoms with E-state index < -0.39 is 0 Å². The number of carbonyl (C=O) groups excluding carboxylic acids is 1. The number of methoxy groups -OCH3 is 1. The van der Waals surface area contributed by atoms with E-state index in [4.69, 9.17) is 0 Å². The molecule has 0 aliphatic carbocycles. The molecule has 0 spiro atoms. The maximum Gasteiger partial charge on any atom is 0.337 e. The van der Waals surface area contributed by atoms with Gasteiger partial charge in [-0.05, 0) is 42.7 Å². The number of rotatable bonds is 3. The molecular weight excluding hydrogens is 214 g/mol. The summed E-state index contributed by atoms with van der Waals surface area (Å²) in [6.45, 7) is 1.02. The Kier molecular flexibility index (Phi) is 3.81. The monoisotopic (exact) mass is 231 g/mol. The van der Waals surface area contributed by atoms with Crippen molar-refractivity contribution in [1.29, 1.82) is 0 Å². The second-order valence-electron chi connectivity index (χ2n) is 4.30. The SMILES string of the molecule is COC(=O)c1ccc(CC2CC=CNC2)cc1. The van der Waals surface area contributed by atoms with E-state index >= 15 is 0 Å². The summed E-state index contributed by atoms with van der Waals surface area (Å²) in [4.78, 5) is 11.3. The number of benzene rings is 1. The summed E-state index contributed by atoms with van der Waals surface area (Å²) in [5.41, 5.74) is 1.87. The van der Waals surface area contributed by atoms with Gasteiger partial charge in [-0.1, -0.05) is 18.2 Å². The zero-order valence-corrected chi connectivity index (χ0v) is 9.98. The fourth-order valence-corrected chi connectivity index (χ4v) is 2.05. The van der Waals surface area contributed by atoms with Crippen molar-refractivity contribution in [2.45, 2.75) is 12.8 Å². The number of allylic oxidation sites excluding steroid dienone is 1. The Balaban J connectivity index is 1.98. The van der Waals surface area contributed by atoms with Crippen molar-refractivity contribution in [1.82, 2.24) is 5.32 Å². The Morgan fingerprint density at radius 1 is 1.41 bits per heavy atom. The number of ether oxygens (including phenoxy) is 1. The molecule has 1 aromatic carbocycles. The third kappa shape index (κ3) is 3.09. The summed E-state index contributed by atoms with van der Waals surface area (Å²) in [5.74, 6) is 0.364. The van der Waals surface area contributed by atoms with E-state index in [-0.39, 0.29) is 5.97 Å². The minimum Gasteiger partial charge on any atom is -0.465 e. The van der Waals surface area contributed by atoms with Gasteiger partial charge in [0.15, 0.2) is 0 Å². The number of carbonyl (C=O) groups is 1. The number of esters is 1. The lowest BCUT2D eigenvalue weighted by Crippen LogP contribution is -2.23. The molecule has 0 aromatic heterocycles. The minimum atomic E-state index is -0.279. The van der Waals surface area contributed by atoms with Crippen LogP contribution in [-0.2, 0) is 11.2 Å². The van der Waals surface area contributed by atoms with Gasteiger partial charge >= 0.3 is 5.97 Å². The molecule has 0 radical (unpaired) electrons. The van der Waals surface area contributed by atoms with Crippen LogP contribution in [0.15, 0.2) is 36.5 Å². The molecule has 90 valence electrons. The molecule has 0 amide bonds. The molecule has 1 heterocycles. The maximum absolute atomic E-state index is 11.3. The highest BCUT2D eigenvalue weighted by Crippen LogP contribution is 2.15. The molecule has 0 bridgehead atoms. The number of nitrogens with one attached hydrogen (secondary N) is 1. The molecule has 0 fully saturated rings. The van der Waals surface area contributed by atoms with Crippen LogP contribution in [0.25, 0.3) is 0 Å². The van der Waals surface area contributed by atoms with Crippen LogP contribution in [0, 0.1) is 5.92 Å². The van der Waals surface area contributed by atoms with Crippen molar-refractivity contribution in [2.24, 2.45) is 5.92 Å². The van der Waals surface area contributed by atoms with E-state index in [1.165, 1.54) is 12.7 Å². The van der Waals surface area contributed by atoms with Crippen molar-refractivity contribution in [2.75, 3.05) is 13.7 Å². The molecule has 1 atom stereocenters. The summed E-state index contributed by atoms with van der Waals surface area (Å²) in [5, 5.41) is 3.24. The highest BCUT2D eigenvalue weighted by molar-refractivity contribution is 5.89. The minimum absolute atomic E-state index is 0.279. The first kappa shape index (κ1) is 11.7. The highest BCUT2D eigenvalue weighted by atomic mass is 16.5. The smallest absolute Gasteiger partial charge is 0.337 e. The first-order valence-corrected chi connectivity index (χ1v) is 5.85. The lowest BCUT2D eigenvalue weighted by atomic mass is 9.94. The van der Waals surface area contributed by atoms with Crippen molar-refractivity contribution >= 4 is 5.97 Å². The first-order chi connectivity index (χ1) is 8.29. The van der Waals surface area contributed by atoms with Gasteiger partial charge in [0.2, 0.25) is 0 Å². The largest absolute Gasteiger partial charge is 0.465 e. The van der Waals surface area contributed by atoms with Gasteiger partial charge < -0.3 is 10.1 Å². The summed E-state index contributed by atoms with van der Waals surface area (Å²) < 4.78 is 4.67. The molecule has 1 aliphatic heterocycles. The Morgan fingerprint density at radius 3 is 2.76 bits per heavy atom. The highest BCUT2D eigenvalue weighted by Gasteiger charge is 2.11. The second-order valence-corrected chi connectivity index (χ2v) is 4.30. The van der Waals surface area contributed by atoms with Gasteiger partial charge in [-0.25, -0.2) is 4.79 Å². The van der Waals surface area contributed by atoms with E-state index in [0.717, 1.165) is 19.4 Å². The van der Waals surface area contributed by atoms with Crippen LogP contribution in [0.3, 0.4) is 0 Å². The molecule has 3 heteroatoms. The van der Waals surface area contributed by atoms with Crippen LogP contribution in [0.5, 0.6) is 0 Å². The molecule has 0 saturated heterocycles. The Labute approximate surface area is 101 Å². The molecule has 1 aliphatic rings. The van der Waals surface area contributed by atoms with Gasteiger partial charge in [-0.15, -0.1) is 0 Å². The van der Waals surface area contributed by atoms with Crippen LogP contribution in [0.1, 0.15) is 22.3 Å². The van der Waals surface area contributed by atoms with Crippen molar-refractivity contribution in [3.8, 4) is 0 Å². The standard InChI is InChI=1S/C14H17NO2/c1-17-14(16)13-6-4-11(5-7-13)9-12-3-2-8-15-10-12/h2,4-8,12,15H,3,9-10H2,1H3. The number of hydrogen-bond donors (Lipinski definition) is 1. The zero-order valence-electron chi connectivity index (χ0n) is 9.98. The summed E-state index contributed by atoms with van der Waals surface area (Å²) in [7, 11) is 1.40. The molecule has 2 rings (SSSR count). The lowest BCUT2D eigenvalue weighted by Gasteiger charge is -2.18. The lowest BCUT2D eigenvalue weighted by molar-refractivity contribution is 0.0600. The van der Waals surface area contributed by atoms with Gasteiger partial charge in [0.1, 0.15) is 0 Å². The fraction of sp³-hybridized carbons (Fsp3) is 0.357. The number of hydrogen-bond acceptors (Lipinski definition) is 3. The second kappa shape index (κ2) is 5.53. The van der Waals surface area contributed by atoms with Crippen LogP contribution in [-0.4, -0.2) is 19.6 Å². The Morgan fingerprint density at radius 2 is 2.18 bits per heavy atom. The van der Waals surface area contributed by atoms with E-state index in [1.807, 2.05) is 30.5 Å². The topological polar surface area (TPSA) is 38.3 Å². The van der Waals surface area contributed by atoms with Crippen molar-refractivity contribution in [3.63, 3.8) is 0 Å². The average Bonchev–Trinajstić information content (AvgIpc) is 2.40. The van der Waals surface area contributed by atoms with Crippen molar-refractivity contribution in [3.05, 3.63) is 47.7 Å². The van der Waals surface area contributed by atoms with Crippen LogP contribution >= 0.6 is 0 Å².